The molecule has 2 N–H and O–H groups in total. The van der Waals surface area contributed by atoms with Crippen LogP contribution in [0.5, 0.6) is 0 Å². The lowest BCUT2D eigenvalue weighted by Crippen LogP contribution is -2.46. The molecule has 0 radical (unpaired) electrons. The fraction of sp³-hybridized carbons (Fsp3) is 0.438. The summed E-state index contributed by atoms with van der Waals surface area (Å²) in [6, 6.07) is 4.57. The van der Waals surface area contributed by atoms with Crippen molar-refractivity contribution in [1.29, 1.82) is 0 Å². The third-order valence-electron chi connectivity index (χ3n) is 3.32. The lowest BCUT2D eigenvalue weighted by Gasteiger charge is -2.23. The van der Waals surface area contributed by atoms with Gasteiger partial charge in [-0.3, -0.25) is 4.79 Å². The number of carbonyl (C=O) groups excluding carboxylic acids is 1. The molecule has 0 atom stereocenters. The van der Waals surface area contributed by atoms with Crippen molar-refractivity contribution in [3.8, 4) is 11.4 Å². The number of aryl methyl sites for hydroxylation is 2. The van der Waals surface area contributed by atoms with Gasteiger partial charge in [-0.25, -0.2) is 4.39 Å². The fourth-order valence-electron chi connectivity index (χ4n) is 1.96. The lowest BCUT2D eigenvalue weighted by atomic mass is 10.1. The monoisotopic (exact) mass is 321 g/mol. The highest BCUT2D eigenvalue weighted by molar-refractivity contribution is 5.76. The Morgan fingerprint density at radius 2 is 2.17 bits per heavy atom. The largest absolute Gasteiger partial charge is 0.394 e. The van der Waals surface area contributed by atoms with Crippen molar-refractivity contribution in [2.45, 2.75) is 39.2 Å². The van der Waals surface area contributed by atoms with Crippen molar-refractivity contribution in [1.82, 2.24) is 15.5 Å². The molecule has 0 fully saturated rings. The van der Waals surface area contributed by atoms with Gasteiger partial charge in [-0.05, 0) is 44.5 Å². The molecule has 7 heteroatoms. The summed E-state index contributed by atoms with van der Waals surface area (Å²) in [5, 5.41) is 15.7. The van der Waals surface area contributed by atoms with Crippen LogP contribution in [0.3, 0.4) is 0 Å². The molecule has 0 saturated carbocycles. The molecule has 1 aromatic carbocycles. The van der Waals surface area contributed by atoms with E-state index < -0.39 is 5.54 Å². The highest BCUT2D eigenvalue weighted by Crippen LogP contribution is 2.19. The molecule has 0 saturated heterocycles. The summed E-state index contributed by atoms with van der Waals surface area (Å²) < 4.78 is 18.4. The van der Waals surface area contributed by atoms with Gasteiger partial charge in [0.2, 0.25) is 17.6 Å². The number of hydrogen-bond donors (Lipinski definition) is 2. The average molecular weight is 321 g/mol. The Bertz CT molecular complexity index is 698. The zero-order valence-corrected chi connectivity index (χ0v) is 13.4. The molecule has 2 aromatic rings. The van der Waals surface area contributed by atoms with Crippen molar-refractivity contribution < 1.29 is 18.8 Å². The lowest BCUT2D eigenvalue weighted by molar-refractivity contribution is -0.123. The zero-order chi connectivity index (χ0) is 17.0. The highest BCUT2D eigenvalue weighted by atomic mass is 19.1. The first-order chi connectivity index (χ1) is 10.8. The molecular formula is C16H20FN3O3. The van der Waals surface area contributed by atoms with Crippen LogP contribution in [0.2, 0.25) is 0 Å². The summed E-state index contributed by atoms with van der Waals surface area (Å²) in [6.07, 6.45) is 0.466. The van der Waals surface area contributed by atoms with Gasteiger partial charge < -0.3 is 14.9 Å². The van der Waals surface area contributed by atoms with E-state index in [9.17, 15) is 9.18 Å². The van der Waals surface area contributed by atoms with Gasteiger partial charge in [-0.1, -0.05) is 5.16 Å². The van der Waals surface area contributed by atoms with E-state index in [1.54, 1.807) is 32.9 Å². The number of nitrogens with zero attached hydrogens (tertiary/aromatic N) is 2. The van der Waals surface area contributed by atoms with Crippen molar-refractivity contribution in [2.75, 3.05) is 6.61 Å². The predicted molar refractivity (Wildman–Crippen MR) is 82.1 cm³/mol. The van der Waals surface area contributed by atoms with Crippen LogP contribution < -0.4 is 5.32 Å². The van der Waals surface area contributed by atoms with E-state index >= 15 is 0 Å². The number of carbonyl (C=O) groups is 1. The minimum absolute atomic E-state index is 0.145. The van der Waals surface area contributed by atoms with Gasteiger partial charge in [0.25, 0.3) is 0 Å². The Labute approximate surface area is 133 Å². The van der Waals surface area contributed by atoms with Gasteiger partial charge in [0.15, 0.2) is 0 Å². The van der Waals surface area contributed by atoms with Gasteiger partial charge in [-0.2, -0.15) is 4.98 Å². The van der Waals surface area contributed by atoms with Crippen LogP contribution in [0, 0.1) is 12.7 Å². The van der Waals surface area contributed by atoms with Crippen LogP contribution >= 0.6 is 0 Å². The van der Waals surface area contributed by atoms with Gasteiger partial charge in [-0.15, -0.1) is 0 Å². The maximum Gasteiger partial charge on any atom is 0.227 e. The first-order valence-electron chi connectivity index (χ1n) is 7.32. The van der Waals surface area contributed by atoms with Crippen molar-refractivity contribution in [3.63, 3.8) is 0 Å². The van der Waals surface area contributed by atoms with Crippen LogP contribution in [0.1, 0.15) is 31.7 Å². The van der Waals surface area contributed by atoms with Crippen molar-refractivity contribution >= 4 is 5.91 Å². The number of benzene rings is 1. The normalized spacial score (nSPS) is 11.5. The molecule has 1 aromatic heterocycles. The fourth-order valence-corrected chi connectivity index (χ4v) is 1.96. The summed E-state index contributed by atoms with van der Waals surface area (Å²) in [5.74, 6) is 0.195. The molecule has 1 heterocycles. The highest BCUT2D eigenvalue weighted by Gasteiger charge is 2.19. The van der Waals surface area contributed by atoms with E-state index in [4.69, 9.17) is 9.63 Å². The zero-order valence-electron chi connectivity index (χ0n) is 13.4. The first-order valence-corrected chi connectivity index (χ1v) is 7.32. The van der Waals surface area contributed by atoms with E-state index in [0.717, 1.165) is 0 Å². The van der Waals surface area contributed by atoms with Gasteiger partial charge in [0.05, 0.1) is 12.1 Å². The second-order valence-electron chi connectivity index (χ2n) is 6.07. The first kappa shape index (κ1) is 17.1. The van der Waals surface area contributed by atoms with Crippen LogP contribution in [0.4, 0.5) is 4.39 Å². The van der Waals surface area contributed by atoms with Crippen molar-refractivity contribution in [2.24, 2.45) is 0 Å². The Morgan fingerprint density at radius 1 is 1.43 bits per heavy atom. The van der Waals surface area contributed by atoms with Crippen LogP contribution in [0.15, 0.2) is 22.7 Å². The second kappa shape index (κ2) is 6.87. The molecule has 0 aliphatic rings. The second-order valence-corrected chi connectivity index (χ2v) is 6.07. The van der Waals surface area contributed by atoms with E-state index in [0.29, 0.717) is 29.3 Å². The van der Waals surface area contributed by atoms with E-state index in [2.05, 4.69) is 15.5 Å². The SMILES string of the molecule is Cc1cc(-c2noc(CCC(=O)NC(C)(C)CO)n2)ccc1F. The number of halogens is 1. The Kier molecular flexibility index (Phi) is 5.10. The molecule has 124 valence electrons. The molecule has 0 bridgehead atoms. The van der Waals surface area contributed by atoms with Gasteiger partial charge in [0.1, 0.15) is 5.82 Å². The summed E-state index contributed by atoms with van der Waals surface area (Å²) in [7, 11) is 0. The third kappa shape index (κ3) is 4.59. The number of aliphatic hydroxyl groups excluding tert-OH is 1. The molecule has 0 spiro atoms. The minimum atomic E-state index is -0.664. The summed E-state index contributed by atoms with van der Waals surface area (Å²) >= 11 is 0. The van der Waals surface area contributed by atoms with Gasteiger partial charge >= 0.3 is 0 Å². The average Bonchev–Trinajstić information content (AvgIpc) is 2.96. The number of rotatable bonds is 6. The Hall–Kier alpha value is -2.28. The third-order valence-corrected chi connectivity index (χ3v) is 3.32. The molecule has 23 heavy (non-hydrogen) atoms. The summed E-state index contributed by atoms with van der Waals surface area (Å²) in [6.45, 7) is 4.97. The standard InChI is InChI=1S/C16H20FN3O3/c1-10-8-11(4-5-12(10)17)15-18-14(23-20-15)7-6-13(22)19-16(2,3)9-21/h4-5,8,21H,6-7,9H2,1-3H3,(H,19,22). The maximum absolute atomic E-state index is 13.3. The number of aliphatic hydroxyl groups is 1. The molecular weight excluding hydrogens is 301 g/mol. The number of amides is 1. The molecule has 0 aliphatic heterocycles. The predicted octanol–water partition coefficient (Wildman–Crippen LogP) is 2.00. The molecule has 2 rings (SSSR count). The Morgan fingerprint density at radius 3 is 2.83 bits per heavy atom. The quantitative estimate of drug-likeness (QED) is 0.849. The maximum atomic E-state index is 13.3. The van der Waals surface area contributed by atoms with E-state index in [1.165, 1.54) is 6.07 Å². The number of hydrogen-bond acceptors (Lipinski definition) is 5. The van der Waals surface area contributed by atoms with Crippen LogP contribution in [0.25, 0.3) is 11.4 Å². The summed E-state index contributed by atoms with van der Waals surface area (Å²) in [4.78, 5) is 16.0. The molecule has 6 nitrogen and oxygen atoms in total. The van der Waals surface area contributed by atoms with E-state index in [1.807, 2.05) is 0 Å². The van der Waals surface area contributed by atoms with Gasteiger partial charge in [0, 0.05) is 18.4 Å². The number of nitrogens with one attached hydrogen (secondary N) is 1. The minimum Gasteiger partial charge on any atom is -0.394 e. The Balaban J connectivity index is 1.97. The molecule has 1 amide bonds. The molecule has 0 unspecified atom stereocenters. The van der Waals surface area contributed by atoms with E-state index in [-0.39, 0.29) is 24.8 Å². The number of aromatic nitrogens is 2. The summed E-state index contributed by atoms with van der Waals surface area (Å²) in [5.41, 5.74) is 0.493. The smallest absolute Gasteiger partial charge is 0.227 e. The topological polar surface area (TPSA) is 88.2 Å². The van der Waals surface area contributed by atoms with Crippen LogP contribution in [-0.4, -0.2) is 33.3 Å². The van der Waals surface area contributed by atoms with Crippen LogP contribution in [-0.2, 0) is 11.2 Å². The van der Waals surface area contributed by atoms with Crippen molar-refractivity contribution in [3.05, 3.63) is 35.5 Å². The molecule has 0 aliphatic carbocycles.